The summed E-state index contributed by atoms with van der Waals surface area (Å²) in [5, 5.41) is 3.50. The Morgan fingerprint density at radius 2 is 1.72 bits per heavy atom. The van der Waals surface area contributed by atoms with Crippen LogP contribution in [0, 0.1) is 5.92 Å². The van der Waals surface area contributed by atoms with Gasteiger partial charge in [0.2, 0.25) is 5.91 Å². The van der Waals surface area contributed by atoms with Gasteiger partial charge < -0.3 is 10.1 Å². The topological polar surface area (TPSA) is 55.4 Å². The maximum atomic E-state index is 12.9. The molecule has 1 amide bonds. The quantitative estimate of drug-likeness (QED) is 0.746. The predicted octanol–water partition coefficient (Wildman–Crippen LogP) is 4.90. The molecule has 1 atom stereocenters. The molecule has 0 fully saturated rings. The summed E-state index contributed by atoms with van der Waals surface area (Å²) in [6.45, 7) is 5.99. The third kappa shape index (κ3) is 4.83. The summed E-state index contributed by atoms with van der Waals surface area (Å²) in [5.74, 6) is -0.900. The lowest BCUT2D eigenvalue weighted by atomic mass is 9.87. The fraction of sp³-hybridized carbons (Fsp3) is 0.300. The van der Waals surface area contributed by atoms with E-state index in [1.165, 1.54) is 0 Å². The molecular weight excluding hydrogens is 338 g/mol. The van der Waals surface area contributed by atoms with E-state index in [1.54, 1.807) is 43.3 Å². The average molecular weight is 360 g/mol. The van der Waals surface area contributed by atoms with Gasteiger partial charge >= 0.3 is 5.97 Å². The summed E-state index contributed by atoms with van der Waals surface area (Å²) in [6, 6.07) is 14.1. The second-order valence-electron chi connectivity index (χ2n) is 6.03. The van der Waals surface area contributed by atoms with Crippen molar-refractivity contribution < 1.29 is 14.3 Å². The minimum Gasteiger partial charge on any atom is -0.462 e. The summed E-state index contributed by atoms with van der Waals surface area (Å²) in [4.78, 5) is 24.9. The fourth-order valence-corrected chi connectivity index (χ4v) is 2.82. The molecule has 0 spiro atoms. The van der Waals surface area contributed by atoms with Gasteiger partial charge in [-0.3, -0.25) is 4.79 Å². The van der Waals surface area contributed by atoms with Crippen LogP contribution in [0.1, 0.15) is 42.6 Å². The Morgan fingerprint density at radius 3 is 2.32 bits per heavy atom. The van der Waals surface area contributed by atoms with E-state index in [4.69, 9.17) is 16.3 Å². The largest absolute Gasteiger partial charge is 0.462 e. The Hall–Kier alpha value is -2.33. The Morgan fingerprint density at radius 1 is 1.08 bits per heavy atom. The van der Waals surface area contributed by atoms with Crippen molar-refractivity contribution in [2.75, 3.05) is 11.9 Å². The lowest BCUT2D eigenvalue weighted by Crippen LogP contribution is -2.26. The zero-order valence-corrected chi connectivity index (χ0v) is 15.3. The van der Waals surface area contributed by atoms with E-state index in [-0.39, 0.29) is 24.3 Å². The number of esters is 1. The first-order valence-corrected chi connectivity index (χ1v) is 8.64. The van der Waals surface area contributed by atoms with Crippen molar-refractivity contribution in [2.24, 2.45) is 5.92 Å². The molecule has 25 heavy (non-hydrogen) atoms. The molecule has 0 aliphatic rings. The number of ether oxygens (including phenoxy) is 1. The minimum absolute atomic E-state index is 0.0796. The van der Waals surface area contributed by atoms with E-state index in [0.29, 0.717) is 16.3 Å². The first kappa shape index (κ1) is 19.0. The fourth-order valence-electron chi connectivity index (χ4n) is 2.70. The molecule has 5 heteroatoms. The molecule has 0 saturated heterocycles. The van der Waals surface area contributed by atoms with E-state index in [1.807, 2.05) is 26.0 Å². The molecule has 2 aromatic rings. The molecule has 0 bridgehead atoms. The Kier molecular flexibility index (Phi) is 6.59. The lowest BCUT2D eigenvalue weighted by molar-refractivity contribution is -0.118. The summed E-state index contributed by atoms with van der Waals surface area (Å²) in [5.41, 5.74) is 1.67. The van der Waals surface area contributed by atoms with Crippen molar-refractivity contribution in [3.8, 4) is 0 Å². The van der Waals surface area contributed by atoms with Crippen molar-refractivity contribution in [3.63, 3.8) is 0 Å². The van der Waals surface area contributed by atoms with Crippen LogP contribution in [0.4, 0.5) is 5.69 Å². The molecule has 0 aliphatic carbocycles. The second-order valence-corrected chi connectivity index (χ2v) is 6.46. The normalized spacial score (nSPS) is 11.9. The SMILES string of the molecule is CCOC(=O)c1ccccc1NC(=O)[C@H](c1ccc(Cl)cc1)C(C)C. The molecule has 132 valence electrons. The number of halogens is 1. The molecule has 2 aromatic carbocycles. The lowest BCUT2D eigenvalue weighted by Gasteiger charge is -2.21. The first-order valence-electron chi connectivity index (χ1n) is 8.26. The van der Waals surface area contributed by atoms with Crippen LogP contribution in [0.5, 0.6) is 0 Å². The van der Waals surface area contributed by atoms with E-state index in [2.05, 4.69) is 5.32 Å². The van der Waals surface area contributed by atoms with E-state index >= 15 is 0 Å². The number of para-hydroxylation sites is 1. The number of amides is 1. The monoisotopic (exact) mass is 359 g/mol. The number of benzene rings is 2. The zero-order chi connectivity index (χ0) is 18.4. The standard InChI is InChI=1S/C20H22ClNO3/c1-4-25-20(24)16-7-5-6-8-17(16)22-19(23)18(13(2)3)14-9-11-15(21)12-10-14/h5-13,18H,4H2,1-3H3,(H,22,23)/t18-/m0/s1. The van der Waals surface area contributed by atoms with Gasteiger partial charge in [-0.05, 0) is 42.7 Å². The Bertz CT molecular complexity index is 741. The Labute approximate surface area is 153 Å². The zero-order valence-electron chi connectivity index (χ0n) is 14.6. The number of carbonyl (C=O) groups excluding carboxylic acids is 2. The number of nitrogens with one attached hydrogen (secondary N) is 1. The van der Waals surface area contributed by atoms with E-state index in [0.717, 1.165) is 5.56 Å². The van der Waals surface area contributed by atoms with Crippen LogP contribution in [-0.4, -0.2) is 18.5 Å². The maximum absolute atomic E-state index is 12.9. The van der Waals surface area contributed by atoms with Crippen LogP contribution in [0.15, 0.2) is 48.5 Å². The molecule has 0 unspecified atom stereocenters. The third-order valence-corrected chi connectivity index (χ3v) is 4.11. The molecule has 1 N–H and O–H groups in total. The molecule has 0 radical (unpaired) electrons. The van der Waals surface area contributed by atoms with Gasteiger partial charge in [0, 0.05) is 5.02 Å². The number of hydrogen-bond donors (Lipinski definition) is 1. The van der Waals surface area contributed by atoms with Gasteiger partial charge in [-0.15, -0.1) is 0 Å². The summed E-state index contributed by atoms with van der Waals surface area (Å²) >= 11 is 5.94. The summed E-state index contributed by atoms with van der Waals surface area (Å²) in [7, 11) is 0. The molecule has 4 nitrogen and oxygen atoms in total. The number of rotatable bonds is 6. The van der Waals surface area contributed by atoms with Crippen LogP contribution in [0.3, 0.4) is 0 Å². The minimum atomic E-state index is -0.453. The Balaban J connectivity index is 2.28. The first-order chi connectivity index (χ1) is 11.9. The van der Waals surface area contributed by atoms with Crippen molar-refractivity contribution in [3.05, 3.63) is 64.7 Å². The van der Waals surface area contributed by atoms with Gasteiger partial charge in [-0.2, -0.15) is 0 Å². The maximum Gasteiger partial charge on any atom is 0.340 e. The smallest absolute Gasteiger partial charge is 0.340 e. The van der Waals surface area contributed by atoms with Gasteiger partial charge in [-0.1, -0.05) is 49.7 Å². The highest BCUT2D eigenvalue weighted by Gasteiger charge is 2.25. The van der Waals surface area contributed by atoms with Crippen LogP contribution in [0.25, 0.3) is 0 Å². The van der Waals surface area contributed by atoms with Crippen molar-refractivity contribution in [1.82, 2.24) is 0 Å². The van der Waals surface area contributed by atoms with Crippen LogP contribution in [-0.2, 0) is 9.53 Å². The number of carbonyl (C=O) groups is 2. The van der Waals surface area contributed by atoms with Gasteiger partial charge in [-0.25, -0.2) is 4.79 Å². The van der Waals surface area contributed by atoms with Crippen molar-refractivity contribution in [2.45, 2.75) is 26.7 Å². The van der Waals surface area contributed by atoms with Crippen LogP contribution >= 0.6 is 11.6 Å². The van der Waals surface area contributed by atoms with Crippen LogP contribution < -0.4 is 5.32 Å². The van der Waals surface area contributed by atoms with Gasteiger partial charge in [0.1, 0.15) is 0 Å². The second kappa shape index (κ2) is 8.67. The molecule has 0 aliphatic heterocycles. The van der Waals surface area contributed by atoms with Gasteiger partial charge in [0.05, 0.1) is 23.8 Å². The van der Waals surface area contributed by atoms with E-state index in [9.17, 15) is 9.59 Å². The average Bonchev–Trinajstić information content (AvgIpc) is 2.57. The summed E-state index contributed by atoms with van der Waals surface area (Å²) < 4.78 is 5.05. The highest BCUT2D eigenvalue weighted by molar-refractivity contribution is 6.30. The van der Waals surface area contributed by atoms with Crippen LogP contribution in [0.2, 0.25) is 5.02 Å². The van der Waals surface area contributed by atoms with Gasteiger partial charge in [0.15, 0.2) is 0 Å². The number of anilines is 1. The number of hydrogen-bond acceptors (Lipinski definition) is 3. The molecule has 2 rings (SSSR count). The summed E-state index contributed by atoms with van der Waals surface area (Å²) in [6.07, 6.45) is 0. The molecule has 0 heterocycles. The van der Waals surface area contributed by atoms with E-state index < -0.39 is 5.97 Å². The highest BCUT2D eigenvalue weighted by atomic mass is 35.5. The van der Waals surface area contributed by atoms with Crippen molar-refractivity contribution >= 4 is 29.2 Å². The highest BCUT2D eigenvalue weighted by Crippen LogP contribution is 2.28. The van der Waals surface area contributed by atoms with Crippen molar-refractivity contribution in [1.29, 1.82) is 0 Å². The molecule has 0 saturated carbocycles. The third-order valence-electron chi connectivity index (χ3n) is 3.86. The predicted molar refractivity (Wildman–Crippen MR) is 100 cm³/mol. The molecular formula is C20H22ClNO3. The molecule has 0 aromatic heterocycles. The van der Waals surface area contributed by atoms with Gasteiger partial charge in [0.25, 0.3) is 0 Å².